The van der Waals surface area contributed by atoms with Gasteiger partial charge < -0.3 is 14.2 Å². The molecule has 206 valence electrons. The Labute approximate surface area is 237 Å². The SMILES string of the molecule is CCOCOc1ccc2nc(NC(=O)c3ccc([I+]c4ccc(OC)c(C(F)(F)S(=O)(=O)O)c4)cc3)sc2c1. The second-order valence-corrected chi connectivity index (χ2v) is 13.3. The van der Waals surface area contributed by atoms with Gasteiger partial charge in [-0.25, -0.2) is 4.98 Å². The molecule has 0 unspecified atom stereocenters. The van der Waals surface area contributed by atoms with Crippen molar-refractivity contribution < 1.29 is 62.0 Å². The molecule has 2 N–H and O–H groups in total. The summed E-state index contributed by atoms with van der Waals surface area (Å²) in [4.78, 5) is 17.2. The van der Waals surface area contributed by atoms with Gasteiger partial charge >= 0.3 is 36.6 Å². The fourth-order valence-electron chi connectivity index (χ4n) is 3.31. The molecular weight excluding hydrogens is 669 g/mol. The zero-order valence-corrected chi connectivity index (χ0v) is 24.3. The second-order valence-electron chi connectivity index (χ2n) is 7.80. The van der Waals surface area contributed by atoms with E-state index in [1.54, 1.807) is 42.5 Å². The van der Waals surface area contributed by atoms with E-state index >= 15 is 0 Å². The molecule has 0 fully saturated rings. The molecule has 3 aromatic carbocycles. The number of fused-ring (bicyclic) bond motifs is 1. The molecule has 4 aromatic rings. The zero-order chi connectivity index (χ0) is 28.2. The van der Waals surface area contributed by atoms with E-state index in [0.717, 1.165) is 21.4 Å². The van der Waals surface area contributed by atoms with Gasteiger partial charge in [-0.05, 0) is 61.5 Å². The Kier molecular flexibility index (Phi) is 9.00. The number of thiazole rings is 1. The van der Waals surface area contributed by atoms with E-state index in [1.165, 1.54) is 17.4 Å². The molecule has 0 bridgehead atoms. The van der Waals surface area contributed by atoms with Crippen molar-refractivity contribution in [3.63, 3.8) is 0 Å². The van der Waals surface area contributed by atoms with E-state index < -0.39 is 42.1 Å². The number of hydrogen-bond acceptors (Lipinski definition) is 8. The van der Waals surface area contributed by atoms with Crippen LogP contribution in [0.15, 0.2) is 60.7 Å². The third kappa shape index (κ3) is 6.81. The number of benzene rings is 3. The minimum absolute atomic E-state index is 0.138. The smallest absolute Gasteiger partial charge is 0.398 e. The largest absolute Gasteiger partial charge is 0.496 e. The minimum atomic E-state index is -5.70. The number of nitrogens with zero attached hydrogens (tertiary/aromatic N) is 1. The van der Waals surface area contributed by atoms with Crippen LogP contribution in [0.25, 0.3) is 10.2 Å². The predicted molar refractivity (Wildman–Crippen MR) is 137 cm³/mol. The summed E-state index contributed by atoms with van der Waals surface area (Å²) in [5.41, 5.74) is 0.137. The summed E-state index contributed by atoms with van der Waals surface area (Å²) in [6, 6.07) is 15.8. The van der Waals surface area contributed by atoms with Crippen LogP contribution in [0.5, 0.6) is 11.5 Å². The number of alkyl halides is 2. The normalized spacial score (nSPS) is 11.9. The average molecular weight is 691 g/mol. The third-order valence-electron chi connectivity index (χ3n) is 5.22. The maximum atomic E-state index is 14.3. The van der Waals surface area contributed by atoms with Crippen molar-refractivity contribution in [3.05, 3.63) is 78.9 Å². The summed E-state index contributed by atoms with van der Waals surface area (Å²) in [7, 11) is -4.57. The molecule has 0 atom stereocenters. The first-order valence-electron chi connectivity index (χ1n) is 11.2. The van der Waals surface area contributed by atoms with Crippen molar-refractivity contribution in [2.45, 2.75) is 12.2 Å². The lowest BCUT2D eigenvalue weighted by molar-refractivity contribution is -0.597. The highest BCUT2D eigenvalue weighted by atomic mass is 127. The number of methoxy groups -OCH3 is 1. The highest BCUT2D eigenvalue weighted by molar-refractivity contribution is 7.86. The Balaban J connectivity index is 1.45. The first-order chi connectivity index (χ1) is 18.5. The van der Waals surface area contributed by atoms with Crippen LogP contribution in [0.3, 0.4) is 0 Å². The van der Waals surface area contributed by atoms with Crippen molar-refractivity contribution in [1.29, 1.82) is 0 Å². The number of nitrogens with one attached hydrogen (secondary N) is 1. The van der Waals surface area contributed by atoms with Crippen molar-refractivity contribution >= 4 is 42.7 Å². The summed E-state index contributed by atoms with van der Waals surface area (Å²) >= 11 is 0.271. The van der Waals surface area contributed by atoms with Crippen LogP contribution in [0.1, 0.15) is 22.8 Å². The lowest BCUT2D eigenvalue weighted by atomic mass is 10.2. The fourth-order valence-corrected chi connectivity index (χ4v) is 6.90. The Morgan fingerprint density at radius 3 is 2.49 bits per heavy atom. The van der Waals surface area contributed by atoms with E-state index in [4.69, 9.17) is 18.8 Å². The summed E-state index contributed by atoms with van der Waals surface area (Å²) in [5, 5.41) is -1.34. The summed E-state index contributed by atoms with van der Waals surface area (Å²) in [6.45, 7) is 2.55. The van der Waals surface area contributed by atoms with Gasteiger partial charge in [0.2, 0.25) is 0 Å². The van der Waals surface area contributed by atoms with E-state index in [9.17, 15) is 22.0 Å². The Morgan fingerprint density at radius 2 is 1.82 bits per heavy atom. The maximum absolute atomic E-state index is 14.3. The van der Waals surface area contributed by atoms with Crippen LogP contribution >= 0.6 is 11.3 Å². The van der Waals surface area contributed by atoms with Gasteiger partial charge in [-0.3, -0.25) is 14.7 Å². The van der Waals surface area contributed by atoms with Gasteiger partial charge in [0.25, 0.3) is 5.91 Å². The molecule has 39 heavy (non-hydrogen) atoms. The highest BCUT2D eigenvalue weighted by Crippen LogP contribution is 2.38. The monoisotopic (exact) mass is 691 g/mol. The van der Waals surface area contributed by atoms with Crippen molar-refractivity contribution in [1.82, 2.24) is 4.98 Å². The van der Waals surface area contributed by atoms with Crippen LogP contribution in [0.4, 0.5) is 13.9 Å². The molecule has 0 saturated heterocycles. The van der Waals surface area contributed by atoms with Crippen LogP contribution in [-0.2, 0) is 20.1 Å². The summed E-state index contributed by atoms with van der Waals surface area (Å²) in [6.07, 6.45) is 0. The fraction of sp³-hybridized carbons (Fsp3) is 0.200. The Bertz CT molecular complexity index is 1600. The zero-order valence-electron chi connectivity index (χ0n) is 20.5. The van der Waals surface area contributed by atoms with Crippen molar-refractivity contribution in [2.24, 2.45) is 0 Å². The standard InChI is InChI=1S/C25H21F2IN2O7S2/c1-3-36-14-37-18-9-10-20-22(13-18)38-24(29-20)30-23(31)15-4-6-16(7-5-15)28-17-8-11-21(35-2)19(12-17)25(26,27)39(32,33)34/h4-13H,3,14H2,1-2H3,(H-,29,30,31,32,33,34)/p+1. The number of hydrogen-bond donors (Lipinski definition) is 2. The van der Waals surface area contributed by atoms with Gasteiger partial charge in [0, 0.05) is 18.2 Å². The van der Waals surface area contributed by atoms with Gasteiger partial charge in [0.1, 0.15) is 11.5 Å². The van der Waals surface area contributed by atoms with Crippen LogP contribution < -0.4 is 36.0 Å². The van der Waals surface area contributed by atoms with Crippen LogP contribution in [-0.4, -0.2) is 44.4 Å². The Morgan fingerprint density at radius 1 is 1.10 bits per heavy atom. The van der Waals surface area contributed by atoms with Gasteiger partial charge in [0.05, 0.1) is 22.9 Å². The van der Waals surface area contributed by atoms with Crippen LogP contribution in [0, 0.1) is 7.14 Å². The first kappa shape index (κ1) is 29.1. The van der Waals surface area contributed by atoms with Gasteiger partial charge in [-0.1, -0.05) is 11.3 Å². The van der Waals surface area contributed by atoms with Crippen molar-refractivity contribution in [3.8, 4) is 11.5 Å². The van der Waals surface area contributed by atoms with E-state index in [2.05, 4.69) is 10.3 Å². The molecule has 1 heterocycles. The lowest BCUT2D eigenvalue weighted by Gasteiger charge is -2.15. The lowest BCUT2D eigenvalue weighted by Crippen LogP contribution is -3.61. The maximum Gasteiger partial charge on any atom is 0.398 e. The second kappa shape index (κ2) is 12.1. The number of anilines is 1. The number of rotatable bonds is 11. The van der Waals surface area contributed by atoms with E-state index in [1.807, 2.05) is 13.0 Å². The summed E-state index contributed by atoms with van der Waals surface area (Å²) < 4.78 is 77.8. The molecule has 0 aliphatic rings. The number of aromatic nitrogens is 1. The first-order valence-corrected chi connectivity index (χ1v) is 15.6. The van der Waals surface area contributed by atoms with E-state index in [0.29, 0.717) is 32.1 Å². The molecule has 0 radical (unpaired) electrons. The topological polar surface area (TPSA) is 124 Å². The van der Waals surface area contributed by atoms with E-state index in [-0.39, 0.29) is 18.4 Å². The third-order valence-corrected chi connectivity index (χ3v) is 9.65. The number of halogens is 3. The number of amides is 1. The average Bonchev–Trinajstić information content (AvgIpc) is 3.30. The highest BCUT2D eigenvalue weighted by Gasteiger charge is 2.49. The molecule has 0 aliphatic heterocycles. The summed E-state index contributed by atoms with van der Waals surface area (Å²) in [5.74, 6) is -0.102. The molecule has 9 nitrogen and oxygen atoms in total. The molecule has 0 aliphatic carbocycles. The molecule has 4 rings (SSSR count). The Hall–Kier alpha value is -2.92. The number of carbonyl (C=O) groups excluding carboxylic acids is 1. The molecule has 0 spiro atoms. The quantitative estimate of drug-likeness (QED) is 0.106. The van der Waals surface area contributed by atoms with Gasteiger partial charge in [-0.2, -0.15) is 17.2 Å². The number of carbonyl (C=O) groups is 1. The molecule has 1 amide bonds. The minimum Gasteiger partial charge on any atom is -0.496 e. The predicted octanol–water partition coefficient (Wildman–Crippen LogP) is 2.00. The van der Waals surface area contributed by atoms with Gasteiger partial charge in [0.15, 0.2) is 19.1 Å². The molecule has 14 heteroatoms. The molecule has 0 saturated carbocycles. The van der Waals surface area contributed by atoms with Crippen LogP contribution in [0.2, 0.25) is 0 Å². The number of ether oxygens (including phenoxy) is 3. The molecule has 1 aromatic heterocycles. The van der Waals surface area contributed by atoms with Gasteiger partial charge in [-0.15, -0.1) is 0 Å². The molecular formula is C25H22F2IN2O7S2+. The van der Waals surface area contributed by atoms with Crippen molar-refractivity contribution in [2.75, 3.05) is 25.8 Å².